The highest BCUT2D eigenvalue weighted by Crippen LogP contribution is 2.38. The molecule has 0 aliphatic carbocycles. The van der Waals surface area contributed by atoms with Gasteiger partial charge < -0.3 is 15.6 Å². The van der Waals surface area contributed by atoms with Crippen molar-refractivity contribution in [2.24, 2.45) is 0 Å². The van der Waals surface area contributed by atoms with Crippen LogP contribution in [0.2, 0.25) is 0 Å². The molecule has 1 aliphatic heterocycles. The fraction of sp³-hybridized carbons (Fsp3) is 0.458. The topological polar surface area (TPSA) is 119 Å². The minimum absolute atomic E-state index is 0.129. The van der Waals surface area contributed by atoms with E-state index in [0.29, 0.717) is 41.2 Å². The predicted octanol–water partition coefficient (Wildman–Crippen LogP) is 3.92. The van der Waals surface area contributed by atoms with Crippen molar-refractivity contribution in [2.45, 2.75) is 37.9 Å². The van der Waals surface area contributed by atoms with Gasteiger partial charge in [0.05, 0.1) is 15.9 Å². The SMILES string of the molecule is CNc1nc(C)c(S(=O)(=O)N2CCN(C[C@H](C)Nc3ncnc4cc(-c5c(C)c[nH]c5C)sc34)CC2)s1. The maximum Gasteiger partial charge on any atom is 0.254 e. The molecule has 5 heterocycles. The molecule has 0 spiro atoms. The number of nitrogens with one attached hydrogen (secondary N) is 3. The van der Waals surface area contributed by atoms with Gasteiger partial charge in [0.1, 0.15) is 12.1 Å². The smallest absolute Gasteiger partial charge is 0.254 e. The zero-order valence-corrected chi connectivity index (χ0v) is 24.1. The first-order valence-corrected chi connectivity index (χ1v) is 15.3. The summed E-state index contributed by atoms with van der Waals surface area (Å²) in [5.74, 6) is 0.835. The molecular weight excluding hydrogens is 529 g/mol. The van der Waals surface area contributed by atoms with Gasteiger partial charge in [-0.2, -0.15) is 4.31 Å². The molecule has 198 valence electrons. The largest absolute Gasteiger partial charge is 0.365 e. The van der Waals surface area contributed by atoms with Gasteiger partial charge in [0.15, 0.2) is 9.34 Å². The fourth-order valence-electron chi connectivity index (χ4n) is 4.78. The normalized spacial score (nSPS) is 16.4. The lowest BCUT2D eigenvalue weighted by Gasteiger charge is -2.35. The van der Waals surface area contributed by atoms with Crippen molar-refractivity contribution in [3.8, 4) is 10.4 Å². The third kappa shape index (κ3) is 5.10. The van der Waals surface area contributed by atoms with E-state index in [1.165, 1.54) is 27.3 Å². The molecule has 0 amide bonds. The standard InChI is InChI=1S/C24H32N8O2S3/c1-14-11-26-16(3)20(14)19-10-18-21(35-19)22(28-13-27-18)29-15(2)12-31-6-8-32(9-7-31)37(33,34)23-17(4)30-24(25-5)36-23/h10-11,13,15,26H,6-9,12H2,1-5H3,(H,25,30)(H,27,28,29)/t15-/m0/s1. The van der Waals surface area contributed by atoms with E-state index >= 15 is 0 Å². The average molecular weight is 561 g/mol. The summed E-state index contributed by atoms with van der Waals surface area (Å²) in [5.41, 5.74) is 5.07. The number of hydrogen-bond acceptors (Lipinski definition) is 10. The van der Waals surface area contributed by atoms with Gasteiger partial charge in [-0.05, 0) is 39.3 Å². The Morgan fingerprint density at radius 1 is 1.14 bits per heavy atom. The third-order valence-electron chi connectivity index (χ3n) is 6.62. The van der Waals surface area contributed by atoms with Crippen LogP contribution in [0.15, 0.2) is 22.8 Å². The first-order chi connectivity index (χ1) is 17.7. The Kier molecular flexibility index (Phi) is 7.24. The van der Waals surface area contributed by atoms with E-state index < -0.39 is 10.0 Å². The first-order valence-electron chi connectivity index (χ1n) is 12.2. The van der Waals surface area contributed by atoms with Crippen LogP contribution in [0.3, 0.4) is 0 Å². The fourth-order valence-corrected chi connectivity index (χ4v) is 8.94. The number of aromatic nitrogens is 4. The van der Waals surface area contributed by atoms with E-state index in [1.807, 2.05) is 6.20 Å². The molecule has 5 rings (SSSR count). The summed E-state index contributed by atoms with van der Waals surface area (Å²) in [4.78, 5) is 20.1. The molecule has 1 fully saturated rings. The van der Waals surface area contributed by atoms with Crippen LogP contribution in [0.5, 0.6) is 0 Å². The molecule has 1 atom stereocenters. The summed E-state index contributed by atoms with van der Waals surface area (Å²) in [7, 11) is -1.79. The van der Waals surface area contributed by atoms with E-state index in [4.69, 9.17) is 0 Å². The number of thiophene rings is 1. The Balaban J connectivity index is 1.23. The highest BCUT2D eigenvalue weighted by Gasteiger charge is 2.32. The zero-order chi connectivity index (χ0) is 26.3. The zero-order valence-electron chi connectivity index (χ0n) is 21.6. The van der Waals surface area contributed by atoms with Gasteiger partial charge in [0.25, 0.3) is 10.0 Å². The number of fused-ring (bicyclic) bond motifs is 1. The number of aromatic amines is 1. The van der Waals surface area contributed by atoms with E-state index in [-0.39, 0.29) is 6.04 Å². The second-order valence-electron chi connectivity index (χ2n) is 9.41. The molecule has 0 aromatic carbocycles. The number of piperazine rings is 1. The van der Waals surface area contributed by atoms with Crippen LogP contribution in [-0.2, 0) is 10.0 Å². The summed E-state index contributed by atoms with van der Waals surface area (Å²) in [6, 6.07) is 2.26. The number of sulfonamides is 1. The van der Waals surface area contributed by atoms with Crippen LogP contribution in [0, 0.1) is 20.8 Å². The number of aryl methyl sites for hydroxylation is 3. The van der Waals surface area contributed by atoms with Crippen molar-refractivity contribution in [1.29, 1.82) is 0 Å². The number of hydrogen-bond donors (Lipinski definition) is 3. The van der Waals surface area contributed by atoms with Crippen LogP contribution in [0.1, 0.15) is 23.9 Å². The van der Waals surface area contributed by atoms with Gasteiger partial charge in [0, 0.05) is 68.1 Å². The molecule has 1 aliphatic rings. The van der Waals surface area contributed by atoms with Gasteiger partial charge in [-0.1, -0.05) is 11.3 Å². The highest BCUT2D eigenvalue weighted by atomic mass is 32.2. The van der Waals surface area contributed by atoms with Gasteiger partial charge in [0.2, 0.25) is 0 Å². The number of H-pyrrole nitrogens is 1. The quantitative estimate of drug-likeness (QED) is 0.297. The predicted molar refractivity (Wildman–Crippen MR) is 151 cm³/mol. The van der Waals surface area contributed by atoms with Gasteiger partial charge in [-0.25, -0.2) is 23.4 Å². The lowest BCUT2D eigenvalue weighted by Crippen LogP contribution is -2.50. The van der Waals surface area contributed by atoms with Crippen LogP contribution in [0.4, 0.5) is 10.9 Å². The monoisotopic (exact) mass is 560 g/mol. The molecule has 3 N–H and O–H groups in total. The third-order valence-corrected chi connectivity index (χ3v) is 11.4. The molecule has 13 heteroatoms. The maximum absolute atomic E-state index is 13.2. The number of anilines is 2. The number of nitrogens with zero attached hydrogens (tertiary/aromatic N) is 5. The van der Waals surface area contributed by atoms with Crippen molar-refractivity contribution in [3.63, 3.8) is 0 Å². The van der Waals surface area contributed by atoms with Crippen molar-refractivity contribution in [1.82, 2.24) is 29.1 Å². The van der Waals surface area contributed by atoms with Crippen molar-refractivity contribution in [2.75, 3.05) is 50.4 Å². The summed E-state index contributed by atoms with van der Waals surface area (Å²) >= 11 is 2.89. The van der Waals surface area contributed by atoms with Gasteiger partial charge >= 0.3 is 0 Å². The second-order valence-corrected chi connectivity index (χ2v) is 13.6. The van der Waals surface area contributed by atoms with E-state index in [2.05, 4.69) is 62.3 Å². The van der Waals surface area contributed by atoms with Crippen molar-refractivity contribution in [3.05, 3.63) is 35.5 Å². The molecule has 4 aromatic rings. The lowest BCUT2D eigenvalue weighted by atomic mass is 10.1. The van der Waals surface area contributed by atoms with Crippen LogP contribution < -0.4 is 10.6 Å². The molecule has 1 saturated heterocycles. The minimum atomic E-state index is -3.54. The molecule has 0 saturated carbocycles. The Bertz CT molecular complexity index is 1500. The second kappa shape index (κ2) is 10.3. The van der Waals surface area contributed by atoms with E-state index in [0.717, 1.165) is 28.3 Å². The Hall–Kier alpha value is -2.58. The lowest BCUT2D eigenvalue weighted by molar-refractivity contribution is 0.184. The molecule has 0 unspecified atom stereocenters. The first kappa shape index (κ1) is 26.0. The summed E-state index contributed by atoms with van der Waals surface area (Å²) < 4.78 is 29.3. The van der Waals surface area contributed by atoms with E-state index in [1.54, 1.807) is 35.9 Å². The summed E-state index contributed by atoms with van der Waals surface area (Å²) in [6.07, 6.45) is 3.64. The highest BCUT2D eigenvalue weighted by molar-refractivity contribution is 7.91. The van der Waals surface area contributed by atoms with Crippen LogP contribution in [0.25, 0.3) is 20.7 Å². The molecule has 10 nitrogen and oxygen atoms in total. The molecule has 37 heavy (non-hydrogen) atoms. The number of rotatable bonds is 8. The summed E-state index contributed by atoms with van der Waals surface area (Å²) in [6.45, 7) is 11.1. The average Bonchev–Trinajstić information content (AvgIpc) is 3.56. The van der Waals surface area contributed by atoms with Crippen molar-refractivity contribution < 1.29 is 8.42 Å². The molecule has 0 radical (unpaired) electrons. The summed E-state index contributed by atoms with van der Waals surface area (Å²) in [5, 5.41) is 7.12. The minimum Gasteiger partial charge on any atom is -0.365 e. The molecule has 4 aromatic heterocycles. The molecule has 0 bridgehead atoms. The molecular formula is C24H32N8O2S3. The van der Waals surface area contributed by atoms with E-state index in [9.17, 15) is 8.42 Å². The van der Waals surface area contributed by atoms with Crippen LogP contribution >= 0.6 is 22.7 Å². The maximum atomic E-state index is 13.2. The Labute approximate surface area is 225 Å². The van der Waals surface area contributed by atoms with Crippen molar-refractivity contribution >= 4 is 53.9 Å². The number of thiazole rings is 1. The van der Waals surface area contributed by atoms with Crippen LogP contribution in [-0.4, -0.2) is 83.4 Å². The Morgan fingerprint density at radius 3 is 2.54 bits per heavy atom. The van der Waals surface area contributed by atoms with Gasteiger partial charge in [-0.15, -0.1) is 11.3 Å². The Morgan fingerprint density at radius 2 is 1.89 bits per heavy atom. The van der Waals surface area contributed by atoms with Gasteiger partial charge in [-0.3, -0.25) is 4.90 Å².